The van der Waals surface area contributed by atoms with Crippen LogP contribution in [0.3, 0.4) is 0 Å². The second-order valence-corrected chi connectivity index (χ2v) is 10.2. The summed E-state index contributed by atoms with van der Waals surface area (Å²) in [5, 5.41) is 5.51. The minimum Gasteiger partial charge on any atom is -0.325 e. The molecule has 1 aromatic carbocycles. The Kier molecular flexibility index (Phi) is 6.51. The van der Waals surface area contributed by atoms with Gasteiger partial charge in [0.05, 0.1) is 26.3 Å². The van der Waals surface area contributed by atoms with E-state index in [0.717, 1.165) is 45.4 Å². The number of thiazole rings is 1. The van der Waals surface area contributed by atoms with Crippen molar-refractivity contribution in [2.24, 2.45) is 0 Å². The lowest BCUT2D eigenvalue weighted by Gasteiger charge is -2.23. The molecule has 0 radical (unpaired) electrons. The quantitative estimate of drug-likeness (QED) is 0.540. The normalized spacial score (nSPS) is 20.0. The third-order valence-electron chi connectivity index (χ3n) is 5.30. The van der Waals surface area contributed by atoms with E-state index < -0.39 is 0 Å². The maximum atomic E-state index is 13.2. The summed E-state index contributed by atoms with van der Waals surface area (Å²) < 4.78 is 1.14. The lowest BCUT2D eigenvalue weighted by Crippen LogP contribution is -2.40. The SMILES string of the molecule is CC=C(C)CN1C[C@H](Sc2ccccn2)C[C@H]1C(=O)Nc1ccc2sc(C)nc2c1. The first-order chi connectivity index (χ1) is 14.5. The number of nitrogens with one attached hydrogen (secondary N) is 1. The molecular formula is C23H26N4OS2. The fourth-order valence-corrected chi connectivity index (χ4v) is 5.71. The highest BCUT2D eigenvalue weighted by Gasteiger charge is 2.37. The Morgan fingerprint density at radius 3 is 3.00 bits per heavy atom. The molecule has 156 valence electrons. The van der Waals surface area contributed by atoms with E-state index in [2.05, 4.69) is 33.2 Å². The number of amides is 1. The second kappa shape index (κ2) is 9.29. The number of carbonyl (C=O) groups excluding carboxylic acids is 1. The average Bonchev–Trinajstić information content (AvgIpc) is 3.30. The zero-order chi connectivity index (χ0) is 21.1. The van der Waals surface area contributed by atoms with E-state index in [4.69, 9.17) is 0 Å². The number of allylic oxidation sites excluding steroid dienone is 1. The zero-order valence-electron chi connectivity index (χ0n) is 17.5. The van der Waals surface area contributed by atoms with Gasteiger partial charge in [-0.1, -0.05) is 17.7 Å². The van der Waals surface area contributed by atoms with Gasteiger partial charge in [-0.3, -0.25) is 9.69 Å². The van der Waals surface area contributed by atoms with E-state index in [1.807, 2.05) is 56.4 Å². The summed E-state index contributed by atoms with van der Waals surface area (Å²) in [5.74, 6) is 0.0503. The van der Waals surface area contributed by atoms with Crippen molar-refractivity contribution in [3.63, 3.8) is 0 Å². The minimum atomic E-state index is -0.158. The predicted molar refractivity (Wildman–Crippen MR) is 126 cm³/mol. The number of likely N-dealkylation sites (tertiary alicyclic amines) is 1. The number of fused-ring (bicyclic) bond motifs is 1. The summed E-state index contributed by atoms with van der Waals surface area (Å²) in [6.45, 7) is 7.84. The number of rotatable bonds is 6. The van der Waals surface area contributed by atoms with Crippen LogP contribution in [0.4, 0.5) is 5.69 Å². The van der Waals surface area contributed by atoms with Crippen LogP contribution in [0, 0.1) is 6.92 Å². The molecule has 5 nitrogen and oxygen atoms in total. The van der Waals surface area contributed by atoms with Crippen molar-refractivity contribution in [1.82, 2.24) is 14.9 Å². The predicted octanol–water partition coefficient (Wildman–Crippen LogP) is 5.14. The minimum absolute atomic E-state index is 0.0503. The number of nitrogens with zero attached hydrogens (tertiary/aromatic N) is 3. The van der Waals surface area contributed by atoms with Crippen LogP contribution in [0.15, 0.2) is 59.3 Å². The Morgan fingerprint density at radius 2 is 2.23 bits per heavy atom. The first-order valence-corrected chi connectivity index (χ1v) is 11.8. The lowest BCUT2D eigenvalue weighted by molar-refractivity contribution is -0.120. The number of hydrogen-bond acceptors (Lipinski definition) is 6. The van der Waals surface area contributed by atoms with Crippen LogP contribution in [0.2, 0.25) is 0 Å². The number of hydrogen-bond donors (Lipinski definition) is 1. The monoisotopic (exact) mass is 438 g/mol. The van der Waals surface area contributed by atoms with Crippen molar-refractivity contribution < 1.29 is 4.79 Å². The standard InChI is InChI=1S/C23H26N4OS2/c1-4-15(2)13-27-14-18(30-22-7-5-6-10-24-22)12-20(27)23(28)26-17-8-9-21-19(11-17)25-16(3)29-21/h4-11,18,20H,12-14H2,1-3H3,(H,26,28)/t18-,20+/m1/s1. The number of carbonyl (C=O) groups is 1. The van der Waals surface area contributed by atoms with E-state index in [1.165, 1.54) is 5.57 Å². The number of aryl methyl sites for hydroxylation is 1. The van der Waals surface area contributed by atoms with Crippen molar-refractivity contribution in [2.75, 3.05) is 18.4 Å². The van der Waals surface area contributed by atoms with E-state index in [9.17, 15) is 4.79 Å². The molecule has 2 aromatic heterocycles. The Balaban J connectivity index is 1.49. The summed E-state index contributed by atoms with van der Waals surface area (Å²) >= 11 is 3.43. The molecule has 0 saturated carbocycles. The van der Waals surface area contributed by atoms with Crippen molar-refractivity contribution >= 4 is 44.9 Å². The van der Waals surface area contributed by atoms with Gasteiger partial charge in [0.2, 0.25) is 5.91 Å². The van der Waals surface area contributed by atoms with Crippen LogP contribution < -0.4 is 5.32 Å². The first-order valence-electron chi connectivity index (χ1n) is 10.1. The molecule has 1 saturated heterocycles. The average molecular weight is 439 g/mol. The summed E-state index contributed by atoms with van der Waals surface area (Å²) in [5.41, 5.74) is 3.02. The molecule has 0 spiro atoms. The summed E-state index contributed by atoms with van der Waals surface area (Å²) in [4.78, 5) is 24.5. The Labute approximate surface area is 185 Å². The molecule has 0 aliphatic carbocycles. The van der Waals surface area contributed by atoms with Gasteiger partial charge in [0.25, 0.3) is 0 Å². The van der Waals surface area contributed by atoms with Gasteiger partial charge in [0.15, 0.2) is 0 Å². The molecular weight excluding hydrogens is 412 g/mol. The van der Waals surface area contributed by atoms with Crippen molar-refractivity contribution in [3.8, 4) is 0 Å². The molecule has 3 heterocycles. The molecule has 3 aromatic rings. The van der Waals surface area contributed by atoms with Gasteiger partial charge in [0.1, 0.15) is 0 Å². The molecule has 1 N–H and O–H groups in total. The van der Waals surface area contributed by atoms with Crippen LogP contribution in [-0.2, 0) is 4.79 Å². The Morgan fingerprint density at radius 1 is 1.37 bits per heavy atom. The van der Waals surface area contributed by atoms with E-state index in [1.54, 1.807) is 23.1 Å². The number of pyridine rings is 1. The second-order valence-electron chi connectivity index (χ2n) is 7.63. The third-order valence-corrected chi connectivity index (χ3v) is 7.41. The van der Waals surface area contributed by atoms with Gasteiger partial charge in [0, 0.05) is 30.2 Å². The van der Waals surface area contributed by atoms with Crippen LogP contribution in [-0.4, -0.2) is 45.2 Å². The Bertz CT molecular complexity index is 1060. The van der Waals surface area contributed by atoms with Gasteiger partial charge in [-0.25, -0.2) is 9.97 Å². The van der Waals surface area contributed by atoms with Gasteiger partial charge >= 0.3 is 0 Å². The van der Waals surface area contributed by atoms with Crippen molar-refractivity contribution in [3.05, 3.63) is 59.3 Å². The molecule has 0 bridgehead atoms. The lowest BCUT2D eigenvalue weighted by atomic mass is 10.1. The van der Waals surface area contributed by atoms with Crippen LogP contribution in [0.5, 0.6) is 0 Å². The fourth-order valence-electron chi connectivity index (χ4n) is 3.74. The molecule has 1 aliphatic rings. The third kappa shape index (κ3) is 4.91. The number of thioether (sulfide) groups is 1. The van der Waals surface area contributed by atoms with Crippen molar-refractivity contribution in [2.45, 2.75) is 43.5 Å². The van der Waals surface area contributed by atoms with Crippen LogP contribution >= 0.6 is 23.1 Å². The number of anilines is 1. The maximum absolute atomic E-state index is 13.2. The van der Waals surface area contributed by atoms with Crippen LogP contribution in [0.1, 0.15) is 25.3 Å². The number of aromatic nitrogens is 2. The van der Waals surface area contributed by atoms with Gasteiger partial charge < -0.3 is 5.32 Å². The topological polar surface area (TPSA) is 58.1 Å². The molecule has 4 rings (SSSR count). The molecule has 1 fully saturated rings. The maximum Gasteiger partial charge on any atom is 0.241 e. The van der Waals surface area contributed by atoms with Gasteiger partial charge in [-0.05, 0) is 57.5 Å². The summed E-state index contributed by atoms with van der Waals surface area (Å²) in [7, 11) is 0. The largest absolute Gasteiger partial charge is 0.325 e. The highest BCUT2D eigenvalue weighted by Crippen LogP contribution is 2.33. The van der Waals surface area contributed by atoms with E-state index >= 15 is 0 Å². The molecule has 7 heteroatoms. The smallest absolute Gasteiger partial charge is 0.241 e. The van der Waals surface area contributed by atoms with E-state index in [-0.39, 0.29) is 11.9 Å². The summed E-state index contributed by atoms with van der Waals surface area (Å²) in [6, 6.07) is 11.8. The fraction of sp³-hybridized carbons (Fsp3) is 0.348. The molecule has 30 heavy (non-hydrogen) atoms. The van der Waals surface area contributed by atoms with Crippen molar-refractivity contribution in [1.29, 1.82) is 0 Å². The number of benzene rings is 1. The van der Waals surface area contributed by atoms with Gasteiger partial charge in [-0.15, -0.1) is 23.1 Å². The summed E-state index contributed by atoms with van der Waals surface area (Å²) in [6.07, 6.45) is 4.74. The molecule has 1 aliphatic heterocycles. The molecule has 0 unspecified atom stereocenters. The van der Waals surface area contributed by atoms with Gasteiger partial charge in [-0.2, -0.15) is 0 Å². The zero-order valence-corrected chi connectivity index (χ0v) is 19.1. The highest BCUT2D eigenvalue weighted by atomic mass is 32.2. The highest BCUT2D eigenvalue weighted by molar-refractivity contribution is 7.99. The van der Waals surface area contributed by atoms with Crippen LogP contribution in [0.25, 0.3) is 10.2 Å². The van der Waals surface area contributed by atoms with E-state index in [0.29, 0.717) is 5.25 Å². The molecule has 2 atom stereocenters. The first kappa shape index (κ1) is 21.0. The Hall–Kier alpha value is -2.22. The molecule has 1 amide bonds.